The molecule has 0 heterocycles. The van der Waals surface area contributed by atoms with Gasteiger partial charge >= 0.3 is 12.1 Å². The Balaban J connectivity index is 1.40. The molecule has 2 aliphatic carbocycles. The summed E-state index contributed by atoms with van der Waals surface area (Å²) in [6, 6.07) is 14.3. The van der Waals surface area contributed by atoms with Gasteiger partial charge in [0, 0.05) is 5.92 Å². The molecule has 3 atom stereocenters. The molecule has 2 aromatic rings. The molecule has 3 N–H and O–H groups in total. The van der Waals surface area contributed by atoms with Crippen molar-refractivity contribution in [1.29, 1.82) is 0 Å². The van der Waals surface area contributed by atoms with Crippen molar-refractivity contribution in [2.75, 3.05) is 6.61 Å². The second-order valence-corrected chi connectivity index (χ2v) is 9.41. The van der Waals surface area contributed by atoms with E-state index in [1.807, 2.05) is 50.2 Å². The zero-order chi connectivity index (χ0) is 24.2. The van der Waals surface area contributed by atoms with Gasteiger partial charge in [-0.3, -0.25) is 4.79 Å². The standard InChI is InChI=1S/C27H32N2O5/c1-3-16(2)24(25(30)28-23(26(31)32)14-17-12-13-17)29-27(33)34-15-22-20-10-6-4-8-18(20)19-9-5-7-11-21(19)22/h4-11,16-17,22-24H,3,12-15H2,1-2H3,(H,28,30)(H,29,33)(H,31,32)/t16?,23-,24?/m0/s1. The van der Waals surface area contributed by atoms with E-state index in [4.69, 9.17) is 4.74 Å². The molecule has 7 nitrogen and oxygen atoms in total. The Morgan fingerprint density at radius 2 is 1.59 bits per heavy atom. The van der Waals surface area contributed by atoms with Crippen molar-refractivity contribution in [3.63, 3.8) is 0 Å². The largest absolute Gasteiger partial charge is 0.480 e. The number of hydrogen-bond acceptors (Lipinski definition) is 4. The van der Waals surface area contributed by atoms with Crippen LogP contribution in [0.25, 0.3) is 11.1 Å². The van der Waals surface area contributed by atoms with E-state index >= 15 is 0 Å². The summed E-state index contributed by atoms with van der Waals surface area (Å²) < 4.78 is 5.60. The van der Waals surface area contributed by atoms with Crippen molar-refractivity contribution >= 4 is 18.0 Å². The summed E-state index contributed by atoms with van der Waals surface area (Å²) in [5, 5.41) is 14.8. The van der Waals surface area contributed by atoms with Gasteiger partial charge in [0.1, 0.15) is 18.7 Å². The van der Waals surface area contributed by atoms with Crippen molar-refractivity contribution in [3.8, 4) is 11.1 Å². The Hall–Kier alpha value is -3.35. The maximum atomic E-state index is 12.9. The number of ether oxygens (including phenoxy) is 1. The van der Waals surface area contributed by atoms with E-state index in [1.165, 1.54) is 0 Å². The van der Waals surface area contributed by atoms with E-state index in [9.17, 15) is 19.5 Å². The number of rotatable bonds is 10. The predicted molar refractivity (Wildman–Crippen MR) is 128 cm³/mol. The molecule has 1 fully saturated rings. The van der Waals surface area contributed by atoms with E-state index in [1.54, 1.807) is 0 Å². The summed E-state index contributed by atoms with van der Waals surface area (Å²) in [6.45, 7) is 3.92. The molecule has 2 aromatic carbocycles. The number of carboxylic acids is 1. The number of fused-ring (bicyclic) bond motifs is 3. The van der Waals surface area contributed by atoms with Crippen LogP contribution in [0.15, 0.2) is 48.5 Å². The molecule has 0 bridgehead atoms. The van der Waals surface area contributed by atoms with Crippen LogP contribution in [-0.4, -0.2) is 41.8 Å². The van der Waals surface area contributed by atoms with Crippen molar-refractivity contribution < 1.29 is 24.2 Å². The summed E-state index contributed by atoms with van der Waals surface area (Å²) in [4.78, 5) is 37.3. The number of carbonyl (C=O) groups excluding carboxylic acids is 2. The first-order valence-corrected chi connectivity index (χ1v) is 12.0. The molecule has 1 saturated carbocycles. The summed E-state index contributed by atoms with van der Waals surface area (Å²) in [5.74, 6) is -1.46. The molecule has 0 spiro atoms. The van der Waals surface area contributed by atoms with Gasteiger partial charge in [0.2, 0.25) is 5.91 Å². The number of alkyl carbamates (subject to hydrolysis) is 1. The van der Waals surface area contributed by atoms with Crippen LogP contribution in [0.4, 0.5) is 4.79 Å². The van der Waals surface area contributed by atoms with Crippen molar-refractivity contribution in [2.24, 2.45) is 11.8 Å². The summed E-state index contributed by atoms with van der Waals surface area (Å²) in [5.41, 5.74) is 4.49. The lowest BCUT2D eigenvalue weighted by Crippen LogP contribution is -2.54. The molecule has 2 unspecified atom stereocenters. The Morgan fingerprint density at radius 3 is 2.12 bits per heavy atom. The third kappa shape index (κ3) is 5.24. The number of aliphatic carboxylic acids is 1. The average molecular weight is 465 g/mol. The van der Waals surface area contributed by atoms with Crippen LogP contribution in [0.1, 0.15) is 56.6 Å². The number of carbonyl (C=O) groups is 3. The lowest BCUT2D eigenvalue weighted by Gasteiger charge is -2.25. The minimum atomic E-state index is -1.05. The normalized spacial score (nSPS) is 17.1. The van der Waals surface area contributed by atoms with Crippen LogP contribution >= 0.6 is 0 Å². The molecule has 0 saturated heterocycles. The van der Waals surface area contributed by atoms with Crippen molar-refractivity contribution in [2.45, 2.75) is 57.5 Å². The molecular weight excluding hydrogens is 432 g/mol. The fraction of sp³-hybridized carbons (Fsp3) is 0.444. The third-order valence-corrected chi connectivity index (χ3v) is 6.99. The van der Waals surface area contributed by atoms with Gasteiger partial charge in [-0.1, -0.05) is 81.6 Å². The van der Waals surface area contributed by atoms with Gasteiger partial charge in [-0.2, -0.15) is 0 Å². The predicted octanol–water partition coefficient (Wildman–Crippen LogP) is 4.31. The third-order valence-electron chi connectivity index (χ3n) is 6.99. The van der Waals surface area contributed by atoms with Gasteiger partial charge in [0.25, 0.3) is 0 Å². The van der Waals surface area contributed by atoms with Crippen LogP contribution in [0.2, 0.25) is 0 Å². The molecule has 34 heavy (non-hydrogen) atoms. The molecule has 0 aromatic heterocycles. The molecular formula is C27H32N2O5. The summed E-state index contributed by atoms with van der Waals surface area (Å²) >= 11 is 0. The molecule has 0 aliphatic heterocycles. The maximum absolute atomic E-state index is 12.9. The number of carboxylic acid groups (broad SMARTS) is 1. The van der Waals surface area contributed by atoms with E-state index in [2.05, 4.69) is 22.8 Å². The van der Waals surface area contributed by atoms with Gasteiger partial charge < -0.3 is 20.5 Å². The molecule has 180 valence electrons. The van der Waals surface area contributed by atoms with Gasteiger partial charge in [0.15, 0.2) is 0 Å². The first-order chi connectivity index (χ1) is 16.4. The Bertz CT molecular complexity index is 1020. The van der Waals surface area contributed by atoms with Crippen LogP contribution in [0, 0.1) is 11.8 Å². The summed E-state index contributed by atoms with van der Waals surface area (Å²) in [6.07, 6.45) is 2.36. The zero-order valence-electron chi connectivity index (χ0n) is 19.6. The fourth-order valence-electron chi connectivity index (χ4n) is 4.64. The highest BCUT2D eigenvalue weighted by Crippen LogP contribution is 2.44. The molecule has 2 aliphatic rings. The Kier molecular flexibility index (Phi) is 7.20. The van der Waals surface area contributed by atoms with Crippen molar-refractivity contribution in [3.05, 3.63) is 59.7 Å². The highest BCUT2D eigenvalue weighted by atomic mass is 16.5. The Labute approximate surface area is 199 Å². The summed E-state index contributed by atoms with van der Waals surface area (Å²) in [7, 11) is 0. The van der Waals surface area contributed by atoms with Crippen LogP contribution in [0.5, 0.6) is 0 Å². The van der Waals surface area contributed by atoms with E-state index < -0.39 is 30.1 Å². The molecule has 4 rings (SSSR count). The van der Waals surface area contributed by atoms with Gasteiger partial charge in [-0.15, -0.1) is 0 Å². The van der Waals surface area contributed by atoms with E-state index in [0.717, 1.165) is 35.1 Å². The van der Waals surface area contributed by atoms with E-state index in [0.29, 0.717) is 18.8 Å². The lowest BCUT2D eigenvalue weighted by molar-refractivity contribution is -0.142. The smallest absolute Gasteiger partial charge is 0.407 e. The molecule has 0 radical (unpaired) electrons. The monoisotopic (exact) mass is 464 g/mol. The average Bonchev–Trinajstić information content (AvgIpc) is 3.60. The highest BCUT2D eigenvalue weighted by Gasteiger charge is 2.34. The topological polar surface area (TPSA) is 105 Å². The fourth-order valence-corrected chi connectivity index (χ4v) is 4.64. The SMILES string of the molecule is CCC(C)C(NC(=O)OCC1c2ccccc2-c2ccccc21)C(=O)N[C@@H](CC1CC1)C(=O)O. The van der Waals surface area contributed by atoms with E-state index in [-0.39, 0.29) is 18.4 Å². The second-order valence-electron chi connectivity index (χ2n) is 9.41. The molecule has 2 amide bonds. The van der Waals surface area contributed by atoms with Crippen LogP contribution in [0.3, 0.4) is 0 Å². The Morgan fingerprint density at radius 1 is 1.00 bits per heavy atom. The number of nitrogens with one attached hydrogen (secondary N) is 2. The zero-order valence-corrected chi connectivity index (χ0v) is 19.6. The maximum Gasteiger partial charge on any atom is 0.407 e. The van der Waals surface area contributed by atoms with Gasteiger partial charge in [0.05, 0.1) is 0 Å². The first kappa shape index (κ1) is 23.8. The van der Waals surface area contributed by atoms with Crippen LogP contribution < -0.4 is 10.6 Å². The highest BCUT2D eigenvalue weighted by molar-refractivity contribution is 5.89. The minimum absolute atomic E-state index is 0.0797. The minimum Gasteiger partial charge on any atom is -0.480 e. The van der Waals surface area contributed by atoms with Crippen LogP contribution in [-0.2, 0) is 14.3 Å². The number of benzene rings is 2. The quantitative estimate of drug-likeness (QED) is 0.486. The second kappa shape index (κ2) is 10.3. The number of hydrogen-bond donors (Lipinski definition) is 3. The van der Waals surface area contributed by atoms with Gasteiger partial charge in [-0.05, 0) is 40.5 Å². The molecule has 7 heteroatoms. The van der Waals surface area contributed by atoms with Gasteiger partial charge in [-0.25, -0.2) is 9.59 Å². The first-order valence-electron chi connectivity index (χ1n) is 12.0. The lowest BCUT2D eigenvalue weighted by atomic mass is 9.97. The number of amides is 2. The van der Waals surface area contributed by atoms with Crippen molar-refractivity contribution in [1.82, 2.24) is 10.6 Å².